The van der Waals surface area contributed by atoms with Crippen molar-refractivity contribution in [2.45, 2.75) is 25.1 Å². The predicted molar refractivity (Wildman–Crippen MR) is 137 cm³/mol. The molecule has 4 rings (SSSR count). The third-order valence-corrected chi connectivity index (χ3v) is 6.39. The van der Waals surface area contributed by atoms with Crippen molar-refractivity contribution in [1.82, 2.24) is 15.2 Å². The van der Waals surface area contributed by atoms with Gasteiger partial charge in [0.25, 0.3) is 11.8 Å². The van der Waals surface area contributed by atoms with Gasteiger partial charge >= 0.3 is 6.18 Å². The molecule has 0 aliphatic carbocycles. The number of nitrogens with one attached hydrogen (secondary N) is 1. The number of rotatable bonds is 8. The second kappa shape index (κ2) is 11.7. The highest BCUT2D eigenvalue weighted by atomic mass is 19.4. The standard InChI is InChI=1S/C28H28F4N4O3/c1-35(2)21-7-3-18(4-8-21)11-13-33-26(37)23-9-6-20(29)15-24(23)27(38)36-14-12-22(17-36)39-25-10-5-19(16-34-25)28(30,31)32/h3-10,15-16,22H,11-14,17H2,1-2H3,(H,33,37)/t22-/m1/s1. The summed E-state index contributed by atoms with van der Waals surface area (Å²) in [6, 6.07) is 13.3. The van der Waals surface area contributed by atoms with E-state index in [1.807, 2.05) is 43.3 Å². The zero-order valence-electron chi connectivity index (χ0n) is 21.5. The number of anilines is 1. The van der Waals surface area contributed by atoms with E-state index < -0.39 is 35.5 Å². The maximum atomic E-state index is 14.1. The molecule has 2 heterocycles. The lowest BCUT2D eigenvalue weighted by Crippen LogP contribution is -2.34. The van der Waals surface area contributed by atoms with Crippen LogP contribution in [0.2, 0.25) is 0 Å². The van der Waals surface area contributed by atoms with Crippen LogP contribution < -0.4 is 15.0 Å². The van der Waals surface area contributed by atoms with Gasteiger partial charge in [0, 0.05) is 51.6 Å². The van der Waals surface area contributed by atoms with Gasteiger partial charge in [-0.2, -0.15) is 13.2 Å². The van der Waals surface area contributed by atoms with Crippen molar-refractivity contribution >= 4 is 17.5 Å². The molecular formula is C28H28F4N4O3. The third kappa shape index (κ3) is 7.04. The molecule has 1 aliphatic heterocycles. The Bertz CT molecular complexity index is 1310. The number of aromatic nitrogens is 1. The number of hydrogen-bond donors (Lipinski definition) is 1. The molecule has 0 radical (unpaired) electrons. The van der Waals surface area contributed by atoms with Gasteiger partial charge < -0.3 is 19.9 Å². The second-order valence-corrected chi connectivity index (χ2v) is 9.42. The average Bonchev–Trinajstić information content (AvgIpc) is 3.36. The topological polar surface area (TPSA) is 74.8 Å². The summed E-state index contributed by atoms with van der Waals surface area (Å²) in [5.74, 6) is -1.68. The largest absolute Gasteiger partial charge is 0.472 e. The van der Waals surface area contributed by atoms with E-state index in [0.717, 1.165) is 35.5 Å². The van der Waals surface area contributed by atoms with Crippen LogP contribution in [0.1, 0.15) is 38.3 Å². The molecule has 0 saturated carbocycles. The van der Waals surface area contributed by atoms with E-state index in [0.29, 0.717) is 25.6 Å². The van der Waals surface area contributed by atoms with E-state index >= 15 is 0 Å². The number of amides is 2. The van der Waals surface area contributed by atoms with Gasteiger partial charge in [-0.15, -0.1) is 0 Å². The summed E-state index contributed by atoms with van der Waals surface area (Å²) in [5.41, 5.74) is 1.18. The molecule has 2 aromatic carbocycles. The number of pyridine rings is 1. The van der Waals surface area contributed by atoms with Crippen LogP contribution in [0.5, 0.6) is 5.88 Å². The first-order valence-electron chi connectivity index (χ1n) is 12.3. The molecule has 0 spiro atoms. The number of carbonyl (C=O) groups excluding carboxylic acids is 2. The molecule has 1 fully saturated rings. The van der Waals surface area contributed by atoms with Crippen LogP contribution in [0.25, 0.3) is 0 Å². The molecule has 3 aromatic rings. The first-order chi connectivity index (χ1) is 18.5. The number of nitrogens with zero attached hydrogens (tertiary/aromatic N) is 3. The van der Waals surface area contributed by atoms with Crippen molar-refractivity contribution in [3.63, 3.8) is 0 Å². The summed E-state index contributed by atoms with van der Waals surface area (Å²) < 4.78 is 58.0. The summed E-state index contributed by atoms with van der Waals surface area (Å²) in [5, 5.41) is 2.79. The highest BCUT2D eigenvalue weighted by Gasteiger charge is 2.32. The third-order valence-electron chi connectivity index (χ3n) is 6.39. The lowest BCUT2D eigenvalue weighted by molar-refractivity contribution is -0.137. The van der Waals surface area contributed by atoms with Gasteiger partial charge in [0.1, 0.15) is 11.9 Å². The molecule has 0 bridgehead atoms. The number of halogens is 4. The highest BCUT2D eigenvalue weighted by Crippen LogP contribution is 2.29. The summed E-state index contributed by atoms with van der Waals surface area (Å²) in [4.78, 5) is 33.3. The number of benzene rings is 2. The van der Waals surface area contributed by atoms with Crippen molar-refractivity contribution in [3.05, 3.63) is 88.9 Å². The van der Waals surface area contributed by atoms with Crippen molar-refractivity contribution in [1.29, 1.82) is 0 Å². The first-order valence-corrected chi connectivity index (χ1v) is 12.3. The second-order valence-electron chi connectivity index (χ2n) is 9.42. The van der Waals surface area contributed by atoms with Gasteiger partial charge in [-0.3, -0.25) is 9.59 Å². The van der Waals surface area contributed by atoms with Crippen molar-refractivity contribution < 1.29 is 31.9 Å². The molecule has 11 heteroatoms. The zero-order chi connectivity index (χ0) is 28.2. The van der Waals surface area contributed by atoms with Gasteiger partial charge in [0.2, 0.25) is 5.88 Å². The fraction of sp³-hybridized carbons (Fsp3) is 0.321. The highest BCUT2D eigenvalue weighted by molar-refractivity contribution is 6.07. The fourth-order valence-electron chi connectivity index (χ4n) is 4.24. The molecule has 39 heavy (non-hydrogen) atoms. The maximum absolute atomic E-state index is 14.1. The Morgan fingerprint density at radius 2 is 1.82 bits per heavy atom. The summed E-state index contributed by atoms with van der Waals surface area (Å²) in [7, 11) is 3.89. The minimum absolute atomic E-state index is 0.00414. The number of carbonyl (C=O) groups is 2. The molecule has 0 unspecified atom stereocenters. The smallest absolute Gasteiger partial charge is 0.417 e. The lowest BCUT2D eigenvalue weighted by atomic mass is 10.0. The van der Waals surface area contributed by atoms with E-state index in [1.54, 1.807) is 0 Å². The summed E-state index contributed by atoms with van der Waals surface area (Å²) >= 11 is 0. The van der Waals surface area contributed by atoms with Gasteiger partial charge in [-0.05, 0) is 48.4 Å². The van der Waals surface area contributed by atoms with Crippen molar-refractivity contribution in [2.75, 3.05) is 38.6 Å². The Balaban J connectivity index is 1.36. The lowest BCUT2D eigenvalue weighted by Gasteiger charge is -2.19. The Kier molecular flexibility index (Phi) is 8.37. The number of ether oxygens (including phenoxy) is 1. The van der Waals surface area contributed by atoms with Crippen LogP contribution in [0.4, 0.5) is 23.2 Å². The average molecular weight is 545 g/mol. The molecule has 1 aromatic heterocycles. The van der Waals surface area contributed by atoms with E-state index in [9.17, 15) is 27.2 Å². The van der Waals surface area contributed by atoms with E-state index in [1.165, 1.54) is 11.0 Å². The fourth-order valence-corrected chi connectivity index (χ4v) is 4.24. The number of hydrogen-bond acceptors (Lipinski definition) is 5. The Hall–Kier alpha value is -4.15. The molecule has 2 amide bonds. The van der Waals surface area contributed by atoms with Crippen molar-refractivity contribution in [3.8, 4) is 5.88 Å². The normalized spacial score (nSPS) is 15.2. The maximum Gasteiger partial charge on any atom is 0.417 e. The van der Waals surface area contributed by atoms with Gasteiger partial charge in [0.05, 0.1) is 23.2 Å². The van der Waals surface area contributed by atoms with Gasteiger partial charge in [-0.25, -0.2) is 9.37 Å². The minimum atomic E-state index is -4.51. The molecule has 1 saturated heterocycles. The number of alkyl halides is 3. The summed E-state index contributed by atoms with van der Waals surface area (Å²) in [6.07, 6.45) is -3.36. The van der Waals surface area contributed by atoms with Gasteiger partial charge in [0.15, 0.2) is 0 Å². The van der Waals surface area contributed by atoms with Crippen LogP contribution in [-0.2, 0) is 12.6 Å². The molecular weight excluding hydrogens is 516 g/mol. The van der Waals surface area contributed by atoms with Crippen LogP contribution in [0.15, 0.2) is 60.8 Å². The molecule has 1 aliphatic rings. The Morgan fingerprint density at radius 3 is 2.46 bits per heavy atom. The first kappa shape index (κ1) is 27.9. The quantitative estimate of drug-likeness (QED) is 0.421. The monoisotopic (exact) mass is 544 g/mol. The van der Waals surface area contributed by atoms with Crippen LogP contribution in [0.3, 0.4) is 0 Å². The van der Waals surface area contributed by atoms with E-state index in [4.69, 9.17) is 4.74 Å². The minimum Gasteiger partial charge on any atom is -0.472 e. The summed E-state index contributed by atoms with van der Waals surface area (Å²) in [6.45, 7) is 0.706. The molecule has 206 valence electrons. The SMILES string of the molecule is CN(C)c1ccc(CCNC(=O)c2ccc(F)cc2C(=O)N2CC[C@@H](Oc3ccc(C(F)(F)F)cn3)C2)cc1. The number of likely N-dealkylation sites (tertiary alicyclic amines) is 1. The zero-order valence-corrected chi connectivity index (χ0v) is 21.5. The molecule has 1 atom stereocenters. The predicted octanol–water partition coefficient (Wildman–Crippen LogP) is 4.57. The van der Waals surface area contributed by atoms with Gasteiger partial charge in [-0.1, -0.05) is 12.1 Å². The van der Waals surface area contributed by atoms with Crippen LogP contribution in [-0.4, -0.2) is 61.5 Å². The molecule has 1 N–H and O–H groups in total. The van der Waals surface area contributed by atoms with Crippen LogP contribution in [0, 0.1) is 5.82 Å². The van der Waals surface area contributed by atoms with Crippen LogP contribution >= 0.6 is 0 Å². The van der Waals surface area contributed by atoms with E-state index in [2.05, 4.69) is 10.3 Å². The molecule has 7 nitrogen and oxygen atoms in total. The van der Waals surface area contributed by atoms with Crippen molar-refractivity contribution in [2.24, 2.45) is 0 Å². The Labute approximate surface area is 223 Å². The Morgan fingerprint density at radius 1 is 1.08 bits per heavy atom. The van der Waals surface area contributed by atoms with E-state index in [-0.39, 0.29) is 30.1 Å².